The van der Waals surface area contributed by atoms with E-state index in [1.165, 1.54) is 0 Å². The van der Waals surface area contributed by atoms with Gasteiger partial charge in [-0.05, 0) is 38.5 Å². The summed E-state index contributed by atoms with van der Waals surface area (Å²) in [4.78, 5) is 9.86. The molecule has 0 heterocycles. The van der Waals surface area contributed by atoms with Crippen molar-refractivity contribution < 1.29 is 40.8 Å². The fraction of sp³-hybridized carbons (Fsp3) is 0.500. The largest absolute Gasteiger partial charge is 0.550 e. The number of aliphatic hydroxyl groups is 2. The molecular formula is C16H28N2O7. The van der Waals surface area contributed by atoms with Crippen LogP contribution in [-0.4, -0.2) is 64.0 Å². The van der Waals surface area contributed by atoms with Gasteiger partial charge in [-0.2, -0.15) is 0 Å². The normalized spacial score (nSPS) is 10.7. The standard InChI is InChI=1S/C14H22N2O4.C2H4O2.H2O/c1-10-7-12(9-16(3-5-17)4-6-18)14(19)13(8-10)11(2)15-20;1-2(3)4;/h7-8,17-20H,3-6,9H2,1-2H3;1H3,(H,3,4);1H2/b15-11+;;. The highest BCUT2D eigenvalue weighted by Crippen LogP contribution is 2.24. The van der Waals surface area contributed by atoms with Crippen LogP contribution in [-0.2, 0) is 11.3 Å². The van der Waals surface area contributed by atoms with Crippen molar-refractivity contribution in [2.75, 3.05) is 26.3 Å². The van der Waals surface area contributed by atoms with Gasteiger partial charge in [-0.1, -0.05) is 5.16 Å². The van der Waals surface area contributed by atoms with Crippen molar-refractivity contribution in [3.05, 3.63) is 28.8 Å². The number of hydrogen-bond acceptors (Lipinski definition) is 7. The van der Waals surface area contributed by atoms with Gasteiger partial charge in [0.25, 0.3) is 0 Å². The Morgan fingerprint density at radius 1 is 1.20 bits per heavy atom. The Morgan fingerprint density at radius 3 is 2.08 bits per heavy atom. The molecule has 9 nitrogen and oxygen atoms in total. The first-order valence-corrected chi connectivity index (χ1v) is 7.51. The highest BCUT2D eigenvalue weighted by atomic mass is 16.4. The van der Waals surface area contributed by atoms with Crippen molar-refractivity contribution in [2.45, 2.75) is 27.3 Å². The van der Waals surface area contributed by atoms with Gasteiger partial charge >= 0.3 is 0 Å². The van der Waals surface area contributed by atoms with Crippen LogP contribution in [0, 0.1) is 6.92 Å². The molecule has 0 saturated heterocycles. The second-order valence-electron chi connectivity index (χ2n) is 5.37. The van der Waals surface area contributed by atoms with Gasteiger partial charge in [0.05, 0.1) is 18.9 Å². The molecule has 25 heavy (non-hydrogen) atoms. The third kappa shape index (κ3) is 9.62. The zero-order valence-corrected chi connectivity index (χ0v) is 14.7. The highest BCUT2D eigenvalue weighted by molar-refractivity contribution is 6.01. The topological polar surface area (TPSA) is 169 Å². The van der Waals surface area contributed by atoms with E-state index in [0.717, 1.165) is 17.4 Å². The third-order valence-electron chi connectivity index (χ3n) is 3.24. The summed E-state index contributed by atoms with van der Waals surface area (Å²) in [5.41, 5.74) is 2.50. The number of nitrogens with zero attached hydrogens (tertiary/aromatic N) is 1. The molecule has 9 heteroatoms. The van der Waals surface area contributed by atoms with Crippen molar-refractivity contribution in [1.29, 1.82) is 0 Å². The first-order valence-electron chi connectivity index (χ1n) is 7.51. The van der Waals surface area contributed by atoms with Crippen molar-refractivity contribution in [3.8, 4) is 5.75 Å². The molecule has 0 aromatic heterocycles. The van der Waals surface area contributed by atoms with Gasteiger partial charge in [-0.25, -0.2) is 0 Å². The maximum Gasteiger partial charge on any atom is 0.133 e. The van der Waals surface area contributed by atoms with E-state index in [1.807, 2.05) is 13.0 Å². The number of hydrogen-bond donors (Lipinski definition) is 5. The highest BCUT2D eigenvalue weighted by Gasteiger charge is 2.16. The van der Waals surface area contributed by atoms with Crippen LogP contribution in [0.1, 0.15) is 30.5 Å². The van der Waals surface area contributed by atoms with Crippen molar-refractivity contribution in [3.63, 3.8) is 0 Å². The van der Waals surface area contributed by atoms with Gasteiger partial charge in [-0.15, -0.1) is 0 Å². The van der Waals surface area contributed by atoms with E-state index in [9.17, 15) is 5.11 Å². The Morgan fingerprint density at radius 2 is 1.68 bits per heavy atom. The lowest BCUT2D eigenvalue weighted by Crippen LogP contribution is -3.11. The molecule has 0 atom stereocenters. The molecule has 0 radical (unpaired) electrons. The summed E-state index contributed by atoms with van der Waals surface area (Å²) in [6.07, 6.45) is 0. The fourth-order valence-electron chi connectivity index (χ4n) is 2.21. The number of phenolic OH excluding ortho intramolecular Hbond substituents is 1. The number of aliphatic carboxylic acids is 1. The SMILES string of the molecule is C/C(=N\O)c1cc(C)cc(C[NH+](CCO)CCO)c1O.CC(=O)[O-].O. The number of carboxylic acids is 1. The Bertz CT molecular complexity index is 552. The van der Waals surface area contributed by atoms with Gasteiger partial charge in [0, 0.05) is 17.1 Å². The molecule has 0 aliphatic heterocycles. The molecule has 144 valence electrons. The van der Waals surface area contributed by atoms with Crippen LogP contribution in [0.2, 0.25) is 0 Å². The molecule has 1 aromatic rings. The van der Waals surface area contributed by atoms with Crippen molar-refractivity contribution >= 4 is 11.7 Å². The zero-order chi connectivity index (χ0) is 18.7. The molecule has 0 spiro atoms. The van der Waals surface area contributed by atoms with Crippen LogP contribution in [0.3, 0.4) is 0 Å². The molecule has 0 saturated carbocycles. The number of aliphatic hydroxyl groups excluding tert-OH is 2. The number of aromatic hydroxyl groups is 1. The van der Waals surface area contributed by atoms with E-state index in [-0.39, 0.29) is 24.4 Å². The number of rotatable bonds is 7. The summed E-state index contributed by atoms with van der Waals surface area (Å²) in [6, 6.07) is 3.61. The lowest BCUT2D eigenvalue weighted by Gasteiger charge is -2.19. The summed E-state index contributed by atoms with van der Waals surface area (Å²) >= 11 is 0. The average molecular weight is 360 g/mol. The number of carboxylic acid groups (broad SMARTS) is 1. The minimum Gasteiger partial charge on any atom is -0.550 e. The molecular weight excluding hydrogens is 332 g/mol. The second kappa shape index (κ2) is 13.1. The molecule has 0 aliphatic rings. The van der Waals surface area contributed by atoms with Crippen LogP contribution in [0.15, 0.2) is 17.3 Å². The summed E-state index contributed by atoms with van der Waals surface area (Å²) in [5, 5.41) is 49.2. The van der Waals surface area contributed by atoms with Gasteiger partial charge in [0.2, 0.25) is 0 Å². The summed E-state index contributed by atoms with van der Waals surface area (Å²) in [6.45, 7) is 6.00. The molecule has 7 N–H and O–H groups in total. The van der Waals surface area contributed by atoms with Gasteiger partial charge in [-0.3, -0.25) is 0 Å². The smallest absolute Gasteiger partial charge is 0.133 e. The molecule has 0 amide bonds. The number of phenols is 1. The fourth-order valence-corrected chi connectivity index (χ4v) is 2.21. The number of oxime groups is 1. The number of benzene rings is 1. The van der Waals surface area contributed by atoms with E-state index in [4.69, 9.17) is 25.3 Å². The maximum absolute atomic E-state index is 10.3. The lowest BCUT2D eigenvalue weighted by molar-refractivity contribution is -0.914. The van der Waals surface area contributed by atoms with Gasteiger partial charge in [0.15, 0.2) is 0 Å². The van der Waals surface area contributed by atoms with Crippen LogP contribution >= 0.6 is 0 Å². The van der Waals surface area contributed by atoms with E-state index in [0.29, 0.717) is 36.5 Å². The Hall–Kier alpha value is -2.20. The number of aryl methyl sites for hydroxylation is 1. The van der Waals surface area contributed by atoms with Crippen LogP contribution in [0.4, 0.5) is 0 Å². The number of carbonyl (C=O) groups excluding carboxylic acids is 1. The first-order chi connectivity index (χ1) is 11.3. The molecule has 0 unspecified atom stereocenters. The molecule has 0 bridgehead atoms. The minimum absolute atomic E-state index is 0. The predicted octanol–water partition coefficient (Wildman–Crippen LogP) is -2.80. The van der Waals surface area contributed by atoms with E-state index in [1.54, 1.807) is 13.0 Å². The van der Waals surface area contributed by atoms with Gasteiger partial charge in [0.1, 0.15) is 25.4 Å². The molecule has 1 aromatic carbocycles. The quantitative estimate of drug-likeness (QED) is 0.200. The van der Waals surface area contributed by atoms with E-state index >= 15 is 0 Å². The molecule has 0 fully saturated rings. The Balaban J connectivity index is 0. The summed E-state index contributed by atoms with van der Waals surface area (Å²) in [5.74, 6) is -1.00. The van der Waals surface area contributed by atoms with E-state index < -0.39 is 5.97 Å². The van der Waals surface area contributed by atoms with Crippen molar-refractivity contribution in [1.82, 2.24) is 0 Å². The van der Waals surface area contributed by atoms with Crippen LogP contribution < -0.4 is 10.0 Å². The van der Waals surface area contributed by atoms with Crippen molar-refractivity contribution in [2.24, 2.45) is 5.16 Å². The summed E-state index contributed by atoms with van der Waals surface area (Å²) in [7, 11) is 0. The summed E-state index contributed by atoms with van der Waals surface area (Å²) < 4.78 is 0. The first kappa shape index (κ1) is 25.0. The number of carbonyl (C=O) groups is 1. The third-order valence-corrected chi connectivity index (χ3v) is 3.24. The van der Waals surface area contributed by atoms with Crippen LogP contribution in [0.25, 0.3) is 0 Å². The number of quaternary nitrogens is 1. The maximum atomic E-state index is 10.3. The minimum atomic E-state index is -1.08. The van der Waals surface area contributed by atoms with Gasteiger partial charge < -0.3 is 40.8 Å². The second-order valence-corrected chi connectivity index (χ2v) is 5.37. The monoisotopic (exact) mass is 360 g/mol. The molecule has 0 aliphatic carbocycles. The lowest BCUT2D eigenvalue weighted by atomic mass is 10.0. The Kier molecular flexibility index (Phi) is 13.2. The van der Waals surface area contributed by atoms with E-state index in [2.05, 4.69) is 5.16 Å². The average Bonchev–Trinajstić information content (AvgIpc) is 2.49. The number of nitrogens with one attached hydrogen (secondary N) is 1. The zero-order valence-electron chi connectivity index (χ0n) is 14.7. The van der Waals surface area contributed by atoms with Crippen LogP contribution in [0.5, 0.6) is 5.75 Å². The predicted molar refractivity (Wildman–Crippen MR) is 89.7 cm³/mol. The molecule has 1 rings (SSSR count). The Labute approximate surface area is 146 Å².